The fraction of sp³-hybridized carbons (Fsp3) is 0.391. The van der Waals surface area contributed by atoms with Crippen molar-refractivity contribution in [2.45, 2.75) is 19.4 Å². The molecule has 33 heavy (non-hydrogen) atoms. The second-order valence-corrected chi connectivity index (χ2v) is 8.77. The van der Waals surface area contributed by atoms with Gasteiger partial charge in [-0.3, -0.25) is 9.69 Å². The number of rotatable bonds is 5. The van der Waals surface area contributed by atoms with Crippen LogP contribution in [0.3, 0.4) is 0 Å². The molecule has 10 heteroatoms. The molecule has 2 aromatic rings. The summed E-state index contributed by atoms with van der Waals surface area (Å²) in [6.45, 7) is 6.02. The summed E-state index contributed by atoms with van der Waals surface area (Å²) in [4.78, 5) is 28.7. The first kappa shape index (κ1) is 23.6. The van der Waals surface area contributed by atoms with Crippen LogP contribution in [-0.2, 0) is 20.8 Å². The van der Waals surface area contributed by atoms with Crippen molar-refractivity contribution in [1.29, 1.82) is 0 Å². The molecule has 2 aliphatic heterocycles. The van der Waals surface area contributed by atoms with E-state index >= 15 is 0 Å². The summed E-state index contributed by atoms with van der Waals surface area (Å²) in [7, 11) is 1.25. The van der Waals surface area contributed by atoms with E-state index < -0.39 is 11.9 Å². The Hall–Kier alpha value is -2.52. The standard InChI is InChI=1S/C23H25Cl2N3O5/c1-13-11-17-19(22(29)28(13)6-5-27-7-9-32-10-8-27)18(14-3-4-15(24)16(25)12-14)20(21(26)33-17)23(30)31-2/h3-4,11-12,18H,5-10,26H2,1-2H3. The van der Waals surface area contributed by atoms with Crippen LogP contribution in [0, 0.1) is 6.92 Å². The van der Waals surface area contributed by atoms with Crippen LogP contribution in [0.4, 0.5) is 0 Å². The van der Waals surface area contributed by atoms with Crippen LogP contribution in [0.5, 0.6) is 5.75 Å². The molecule has 1 saturated heterocycles. The number of nitrogens with two attached hydrogens (primary N) is 1. The summed E-state index contributed by atoms with van der Waals surface area (Å²) in [6.07, 6.45) is 0. The van der Waals surface area contributed by atoms with E-state index in [4.69, 9.17) is 43.1 Å². The number of ether oxygens (including phenoxy) is 3. The monoisotopic (exact) mass is 493 g/mol. The average Bonchev–Trinajstić information content (AvgIpc) is 2.80. The van der Waals surface area contributed by atoms with E-state index in [1.54, 1.807) is 28.8 Å². The number of nitrogens with zero attached hydrogens (tertiary/aromatic N) is 2. The number of pyridine rings is 1. The molecule has 0 radical (unpaired) electrons. The minimum Gasteiger partial charge on any atom is -0.465 e. The van der Waals surface area contributed by atoms with Crippen LogP contribution in [0.15, 0.2) is 40.5 Å². The molecule has 1 unspecified atom stereocenters. The van der Waals surface area contributed by atoms with Crippen LogP contribution in [0.25, 0.3) is 0 Å². The lowest BCUT2D eigenvalue weighted by molar-refractivity contribution is -0.136. The lowest BCUT2D eigenvalue weighted by Crippen LogP contribution is -2.40. The van der Waals surface area contributed by atoms with E-state index in [9.17, 15) is 9.59 Å². The molecule has 4 rings (SSSR count). The minimum absolute atomic E-state index is 0.0454. The van der Waals surface area contributed by atoms with E-state index in [1.807, 2.05) is 6.92 Å². The highest BCUT2D eigenvalue weighted by Crippen LogP contribution is 2.42. The van der Waals surface area contributed by atoms with E-state index in [-0.39, 0.29) is 17.0 Å². The quantitative estimate of drug-likeness (QED) is 0.639. The smallest absolute Gasteiger partial charge is 0.340 e. The van der Waals surface area contributed by atoms with Crippen molar-refractivity contribution >= 4 is 29.2 Å². The zero-order valence-electron chi connectivity index (χ0n) is 18.4. The zero-order valence-corrected chi connectivity index (χ0v) is 19.9. The van der Waals surface area contributed by atoms with Crippen molar-refractivity contribution in [2.75, 3.05) is 40.0 Å². The van der Waals surface area contributed by atoms with Crippen LogP contribution in [0.1, 0.15) is 22.7 Å². The van der Waals surface area contributed by atoms with Crippen LogP contribution in [0.2, 0.25) is 10.0 Å². The Kier molecular flexibility index (Phi) is 6.99. The van der Waals surface area contributed by atoms with E-state index in [0.29, 0.717) is 53.2 Å². The molecule has 2 aliphatic rings. The Morgan fingerprint density at radius 1 is 1.18 bits per heavy atom. The normalized spacial score (nSPS) is 18.6. The fourth-order valence-electron chi connectivity index (χ4n) is 4.26. The highest BCUT2D eigenvalue weighted by atomic mass is 35.5. The molecule has 0 aliphatic carbocycles. The molecule has 0 spiro atoms. The number of morpholine rings is 1. The molecule has 1 fully saturated rings. The molecule has 3 heterocycles. The van der Waals surface area contributed by atoms with Gasteiger partial charge in [0.25, 0.3) is 5.56 Å². The fourth-order valence-corrected chi connectivity index (χ4v) is 4.57. The molecule has 0 bridgehead atoms. The number of halogens is 2. The van der Waals surface area contributed by atoms with Gasteiger partial charge in [0, 0.05) is 37.9 Å². The van der Waals surface area contributed by atoms with Crippen molar-refractivity contribution in [3.63, 3.8) is 0 Å². The number of fused-ring (bicyclic) bond motifs is 1. The van der Waals surface area contributed by atoms with E-state index in [2.05, 4.69) is 4.90 Å². The maximum Gasteiger partial charge on any atom is 0.340 e. The number of hydrogen-bond acceptors (Lipinski definition) is 7. The van der Waals surface area contributed by atoms with E-state index in [1.165, 1.54) is 7.11 Å². The first-order valence-corrected chi connectivity index (χ1v) is 11.3. The largest absolute Gasteiger partial charge is 0.465 e. The van der Waals surface area contributed by atoms with E-state index in [0.717, 1.165) is 18.8 Å². The van der Waals surface area contributed by atoms with Crippen molar-refractivity contribution in [3.8, 4) is 5.75 Å². The van der Waals surface area contributed by atoms with Gasteiger partial charge >= 0.3 is 5.97 Å². The maximum atomic E-state index is 13.8. The Balaban J connectivity index is 1.83. The first-order valence-electron chi connectivity index (χ1n) is 10.6. The number of carbonyl (C=O) groups excluding carboxylic acids is 1. The average molecular weight is 494 g/mol. The minimum atomic E-state index is -0.821. The summed E-state index contributed by atoms with van der Waals surface area (Å²) in [6, 6.07) is 6.71. The molecule has 1 aromatic heterocycles. The highest BCUT2D eigenvalue weighted by Gasteiger charge is 2.38. The topological polar surface area (TPSA) is 96.0 Å². The van der Waals surface area contributed by atoms with Gasteiger partial charge in [0.05, 0.1) is 41.9 Å². The first-order chi connectivity index (χ1) is 15.8. The highest BCUT2D eigenvalue weighted by molar-refractivity contribution is 6.42. The molecule has 2 N–H and O–H groups in total. The third-order valence-electron chi connectivity index (χ3n) is 6.00. The van der Waals surface area contributed by atoms with Crippen molar-refractivity contribution in [2.24, 2.45) is 5.73 Å². The summed E-state index contributed by atoms with van der Waals surface area (Å²) < 4.78 is 17.8. The van der Waals surface area contributed by atoms with Gasteiger partial charge in [0.15, 0.2) is 0 Å². The number of aromatic nitrogens is 1. The Morgan fingerprint density at radius 3 is 2.58 bits per heavy atom. The summed E-state index contributed by atoms with van der Waals surface area (Å²) in [5.74, 6) is -1.32. The third-order valence-corrected chi connectivity index (χ3v) is 6.73. The van der Waals surface area contributed by atoms with Gasteiger partial charge in [-0.1, -0.05) is 29.3 Å². The third kappa shape index (κ3) is 4.61. The second kappa shape index (κ2) is 9.77. The summed E-state index contributed by atoms with van der Waals surface area (Å²) in [5.41, 5.74) is 7.53. The summed E-state index contributed by atoms with van der Waals surface area (Å²) in [5, 5.41) is 0.654. The van der Waals surface area contributed by atoms with Crippen LogP contribution >= 0.6 is 23.2 Å². The SMILES string of the molecule is COC(=O)C1=C(N)Oc2cc(C)n(CCN3CCOCC3)c(=O)c2C1c1ccc(Cl)c(Cl)c1. The molecular weight excluding hydrogens is 469 g/mol. The van der Waals surface area contributed by atoms with Gasteiger partial charge in [0.1, 0.15) is 11.3 Å². The van der Waals surface area contributed by atoms with Gasteiger partial charge in [-0.05, 0) is 24.6 Å². The van der Waals surface area contributed by atoms with Gasteiger partial charge in [-0.2, -0.15) is 0 Å². The molecule has 0 amide bonds. The summed E-state index contributed by atoms with van der Waals surface area (Å²) >= 11 is 12.4. The Bertz CT molecular complexity index is 1170. The predicted octanol–water partition coefficient (Wildman–Crippen LogP) is 2.66. The number of carbonyl (C=O) groups is 1. The number of hydrogen-bond donors (Lipinski definition) is 1. The van der Waals surface area contributed by atoms with Gasteiger partial charge in [-0.15, -0.1) is 0 Å². The maximum absolute atomic E-state index is 13.8. The van der Waals surface area contributed by atoms with Gasteiger partial charge < -0.3 is 24.5 Å². The Morgan fingerprint density at radius 2 is 1.91 bits per heavy atom. The van der Waals surface area contributed by atoms with Crippen LogP contribution < -0.4 is 16.0 Å². The molecule has 1 aromatic carbocycles. The number of aryl methyl sites for hydroxylation is 1. The number of methoxy groups -OCH3 is 1. The molecule has 176 valence electrons. The van der Waals surface area contributed by atoms with Gasteiger partial charge in [-0.25, -0.2) is 4.79 Å². The number of benzene rings is 1. The van der Waals surface area contributed by atoms with Gasteiger partial charge in [0.2, 0.25) is 5.88 Å². The van der Waals surface area contributed by atoms with Crippen molar-refractivity contribution in [3.05, 3.63) is 72.9 Å². The molecular formula is C23H25Cl2N3O5. The lowest BCUT2D eigenvalue weighted by Gasteiger charge is -2.30. The van der Waals surface area contributed by atoms with Crippen molar-refractivity contribution < 1.29 is 19.0 Å². The predicted molar refractivity (Wildman–Crippen MR) is 125 cm³/mol. The Labute approximate surface area is 201 Å². The molecule has 1 atom stereocenters. The zero-order chi connectivity index (χ0) is 23.7. The lowest BCUT2D eigenvalue weighted by atomic mass is 9.83. The van der Waals surface area contributed by atoms with Crippen molar-refractivity contribution in [1.82, 2.24) is 9.47 Å². The van der Waals surface area contributed by atoms with Crippen LogP contribution in [-0.4, -0.2) is 55.4 Å². The molecule has 0 saturated carbocycles. The second-order valence-electron chi connectivity index (χ2n) is 7.95. The molecule has 8 nitrogen and oxygen atoms in total. The number of esters is 1.